The highest BCUT2D eigenvalue weighted by molar-refractivity contribution is 5.56. The Morgan fingerprint density at radius 1 is 0.750 bits per heavy atom. The fourth-order valence-electron chi connectivity index (χ4n) is 2.37. The molecule has 1 N–H and O–H groups in total. The van der Waals surface area contributed by atoms with Gasteiger partial charge in [0.15, 0.2) is 0 Å². The summed E-state index contributed by atoms with van der Waals surface area (Å²) >= 11 is 0. The van der Waals surface area contributed by atoms with E-state index in [0.29, 0.717) is 0 Å². The second-order valence-corrected chi connectivity index (χ2v) is 5.86. The van der Waals surface area contributed by atoms with Crippen LogP contribution >= 0.6 is 0 Å². The number of rotatable bonds is 11. The highest BCUT2D eigenvalue weighted by Crippen LogP contribution is 2.26. The maximum absolute atomic E-state index is 5.90. The minimum Gasteiger partial charge on any atom is -0.493 e. The van der Waals surface area contributed by atoms with Crippen molar-refractivity contribution >= 4 is 5.69 Å². The molecule has 0 atom stereocenters. The molecule has 24 heavy (non-hydrogen) atoms. The topological polar surface area (TPSA) is 30.5 Å². The van der Waals surface area contributed by atoms with Gasteiger partial charge >= 0.3 is 0 Å². The molecule has 0 aliphatic rings. The van der Waals surface area contributed by atoms with Crippen LogP contribution in [0.2, 0.25) is 0 Å². The lowest BCUT2D eigenvalue weighted by Gasteiger charge is -2.15. The number of nitrogens with one attached hydrogen (secondary N) is 1. The fourth-order valence-corrected chi connectivity index (χ4v) is 2.37. The Morgan fingerprint density at radius 2 is 1.33 bits per heavy atom. The van der Waals surface area contributed by atoms with Crippen LogP contribution in [0.4, 0.5) is 5.69 Å². The van der Waals surface area contributed by atoms with Crippen molar-refractivity contribution in [1.82, 2.24) is 0 Å². The molecule has 0 saturated heterocycles. The van der Waals surface area contributed by atoms with Crippen LogP contribution in [0.5, 0.6) is 11.5 Å². The highest BCUT2D eigenvalue weighted by atomic mass is 16.5. The number of anilines is 1. The minimum absolute atomic E-state index is 0.719. The van der Waals surface area contributed by atoms with E-state index in [-0.39, 0.29) is 0 Å². The quantitative estimate of drug-likeness (QED) is 0.540. The molecule has 0 saturated carbocycles. The van der Waals surface area contributed by atoms with Crippen molar-refractivity contribution in [3.05, 3.63) is 54.1 Å². The Balaban J connectivity index is 1.98. The second-order valence-electron chi connectivity index (χ2n) is 5.86. The Kier molecular flexibility index (Phi) is 8.02. The van der Waals surface area contributed by atoms with Gasteiger partial charge in [0.05, 0.1) is 18.9 Å². The van der Waals surface area contributed by atoms with Crippen LogP contribution < -0.4 is 14.8 Å². The molecule has 130 valence electrons. The summed E-state index contributed by atoms with van der Waals surface area (Å²) in [6, 6.07) is 16.3. The van der Waals surface area contributed by atoms with Gasteiger partial charge in [-0.3, -0.25) is 0 Å². The molecule has 0 amide bonds. The second kappa shape index (κ2) is 10.6. The van der Waals surface area contributed by atoms with Gasteiger partial charge in [0.25, 0.3) is 0 Å². The highest BCUT2D eigenvalue weighted by Gasteiger charge is 2.06. The predicted molar refractivity (Wildman–Crippen MR) is 101 cm³/mol. The summed E-state index contributed by atoms with van der Waals surface area (Å²) in [5.74, 6) is 1.87. The molecule has 0 bridgehead atoms. The number of benzene rings is 2. The Morgan fingerprint density at radius 3 is 2.04 bits per heavy atom. The maximum Gasteiger partial charge on any atom is 0.142 e. The summed E-state index contributed by atoms with van der Waals surface area (Å²) in [4.78, 5) is 0. The van der Waals surface area contributed by atoms with Crippen LogP contribution in [0.25, 0.3) is 0 Å². The number of hydrogen-bond donors (Lipinski definition) is 1. The minimum atomic E-state index is 0.719. The van der Waals surface area contributed by atoms with Gasteiger partial charge in [-0.1, -0.05) is 57.0 Å². The molecule has 2 rings (SSSR count). The third-order valence-electron chi connectivity index (χ3n) is 3.84. The first-order chi connectivity index (χ1) is 11.8. The molecule has 0 spiro atoms. The van der Waals surface area contributed by atoms with E-state index in [1.807, 2.05) is 36.4 Å². The van der Waals surface area contributed by atoms with Gasteiger partial charge in [0, 0.05) is 12.1 Å². The molecule has 0 aliphatic heterocycles. The van der Waals surface area contributed by atoms with Crippen LogP contribution in [0, 0.1) is 0 Å². The Hall–Kier alpha value is -2.16. The van der Waals surface area contributed by atoms with E-state index in [1.165, 1.54) is 0 Å². The number of ether oxygens (including phenoxy) is 2. The summed E-state index contributed by atoms with van der Waals surface area (Å²) < 4.78 is 11.8. The zero-order valence-corrected chi connectivity index (χ0v) is 14.9. The molecule has 0 heterocycles. The number of hydrogen-bond acceptors (Lipinski definition) is 3. The lowest BCUT2D eigenvalue weighted by molar-refractivity contribution is 0.306. The zero-order valence-electron chi connectivity index (χ0n) is 14.9. The Bertz CT molecular complexity index is 544. The zero-order chi connectivity index (χ0) is 17.0. The molecular formula is C21H29NO2. The third-order valence-corrected chi connectivity index (χ3v) is 3.84. The van der Waals surface area contributed by atoms with Crippen LogP contribution in [0.15, 0.2) is 48.5 Å². The SMILES string of the molecule is CCCCOc1ccccc1CNc1ccccc1OCCCC. The third kappa shape index (κ3) is 5.80. The monoisotopic (exact) mass is 327 g/mol. The van der Waals surface area contributed by atoms with E-state index in [0.717, 1.165) is 68.2 Å². The summed E-state index contributed by atoms with van der Waals surface area (Å²) in [6.07, 6.45) is 4.43. The van der Waals surface area contributed by atoms with Crippen molar-refractivity contribution in [3.63, 3.8) is 0 Å². The van der Waals surface area contributed by atoms with Gasteiger partial charge in [0.2, 0.25) is 0 Å². The molecule has 2 aromatic carbocycles. The molecule has 0 fully saturated rings. The maximum atomic E-state index is 5.90. The van der Waals surface area contributed by atoms with Gasteiger partial charge in [-0.2, -0.15) is 0 Å². The van der Waals surface area contributed by atoms with Gasteiger partial charge in [-0.15, -0.1) is 0 Å². The van der Waals surface area contributed by atoms with Gasteiger partial charge in [-0.05, 0) is 31.0 Å². The standard InChI is InChI=1S/C21H29NO2/c1-3-5-15-23-20-13-9-7-11-18(20)17-22-19-12-8-10-14-21(19)24-16-6-4-2/h7-14,22H,3-6,15-17H2,1-2H3. The smallest absolute Gasteiger partial charge is 0.142 e. The lowest BCUT2D eigenvalue weighted by atomic mass is 10.2. The van der Waals surface area contributed by atoms with E-state index >= 15 is 0 Å². The first-order valence-corrected chi connectivity index (χ1v) is 9.01. The first kappa shape index (κ1) is 18.2. The predicted octanol–water partition coefficient (Wildman–Crippen LogP) is 5.66. The normalized spacial score (nSPS) is 10.4. The molecular weight excluding hydrogens is 298 g/mol. The van der Waals surface area contributed by atoms with Crippen molar-refractivity contribution in [2.75, 3.05) is 18.5 Å². The van der Waals surface area contributed by atoms with E-state index in [1.54, 1.807) is 0 Å². The van der Waals surface area contributed by atoms with Crippen LogP contribution in [0.1, 0.15) is 45.1 Å². The van der Waals surface area contributed by atoms with Gasteiger partial charge < -0.3 is 14.8 Å². The molecule has 0 radical (unpaired) electrons. The van der Waals surface area contributed by atoms with Crippen LogP contribution in [-0.2, 0) is 6.54 Å². The summed E-state index contributed by atoms with van der Waals surface area (Å²) in [6.45, 7) is 6.59. The van der Waals surface area contributed by atoms with E-state index in [4.69, 9.17) is 9.47 Å². The van der Waals surface area contributed by atoms with Crippen molar-refractivity contribution in [2.45, 2.75) is 46.1 Å². The Labute approximate surface area is 146 Å². The average molecular weight is 327 g/mol. The molecule has 2 aromatic rings. The molecule has 3 nitrogen and oxygen atoms in total. The van der Waals surface area contributed by atoms with Crippen molar-refractivity contribution in [3.8, 4) is 11.5 Å². The van der Waals surface area contributed by atoms with Crippen LogP contribution in [-0.4, -0.2) is 13.2 Å². The van der Waals surface area contributed by atoms with Crippen molar-refractivity contribution in [1.29, 1.82) is 0 Å². The van der Waals surface area contributed by atoms with Crippen molar-refractivity contribution < 1.29 is 9.47 Å². The molecule has 0 aliphatic carbocycles. The van der Waals surface area contributed by atoms with E-state index in [2.05, 4.69) is 31.3 Å². The van der Waals surface area contributed by atoms with E-state index in [9.17, 15) is 0 Å². The molecule has 3 heteroatoms. The fraction of sp³-hybridized carbons (Fsp3) is 0.429. The summed E-state index contributed by atoms with van der Waals surface area (Å²) in [5.41, 5.74) is 2.19. The lowest BCUT2D eigenvalue weighted by Crippen LogP contribution is -2.06. The summed E-state index contributed by atoms with van der Waals surface area (Å²) in [7, 11) is 0. The van der Waals surface area contributed by atoms with Gasteiger partial charge in [-0.25, -0.2) is 0 Å². The largest absolute Gasteiger partial charge is 0.493 e. The molecule has 0 aromatic heterocycles. The van der Waals surface area contributed by atoms with E-state index < -0.39 is 0 Å². The average Bonchev–Trinajstić information content (AvgIpc) is 2.62. The number of para-hydroxylation sites is 3. The number of unbranched alkanes of at least 4 members (excludes halogenated alkanes) is 2. The molecule has 0 unspecified atom stereocenters. The van der Waals surface area contributed by atoms with Crippen molar-refractivity contribution in [2.24, 2.45) is 0 Å². The van der Waals surface area contributed by atoms with Gasteiger partial charge in [0.1, 0.15) is 11.5 Å². The van der Waals surface area contributed by atoms with Crippen LogP contribution in [0.3, 0.4) is 0 Å². The summed E-state index contributed by atoms with van der Waals surface area (Å²) in [5, 5.41) is 3.48. The first-order valence-electron chi connectivity index (χ1n) is 9.01.